The molecule has 80 valence electrons. The Morgan fingerprint density at radius 3 is 2.60 bits per heavy atom. The van der Waals surface area contributed by atoms with E-state index in [1.807, 2.05) is 0 Å². The van der Waals surface area contributed by atoms with E-state index in [1.54, 1.807) is 0 Å². The predicted octanol–water partition coefficient (Wildman–Crippen LogP) is 1.31. The largest absolute Gasteiger partial charge is 0.586 e. The fourth-order valence-corrected chi connectivity index (χ4v) is 1.31. The monoisotopic (exact) mass is 216 g/mol. The van der Waals surface area contributed by atoms with Gasteiger partial charge in [-0.05, 0) is 6.07 Å². The number of halogens is 2. The zero-order chi connectivity index (χ0) is 11.1. The zero-order valence-electron chi connectivity index (χ0n) is 7.37. The molecule has 0 aromatic heterocycles. The minimum atomic E-state index is -3.79. The number of aliphatic hydroxyl groups excluding tert-OH is 1. The van der Waals surface area contributed by atoms with Crippen LogP contribution in [-0.2, 0) is 6.61 Å². The zero-order valence-corrected chi connectivity index (χ0v) is 7.37. The van der Waals surface area contributed by atoms with Crippen molar-refractivity contribution in [3.05, 3.63) is 23.3 Å². The van der Waals surface area contributed by atoms with Gasteiger partial charge in [-0.3, -0.25) is 4.79 Å². The summed E-state index contributed by atoms with van der Waals surface area (Å²) < 4.78 is 33.8. The molecule has 0 radical (unpaired) electrons. The lowest BCUT2D eigenvalue weighted by atomic mass is 10.1. The van der Waals surface area contributed by atoms with Crippen molar-refractivity contribution in [3.8, 4) is 11.5 Å². The predicted molar refractivity (Wildman–Crippen MR) is 44.0 cm³/mol. The maximum absolute atomic E-state index is 12.7. The molecule has 0 saturated carbocycles. The van der Waals surface area contributed by atoms with Crippen LogP contribution < -0.4 is 9.47 Å². The summed E-state index contributed by atoms with van der Waals surface area (Å²) in [5.41, 5.74) is 0.104. The number of aldehydes is 1. The SMILES string of the molecule is O=Cc1ccc(CO)c2c1OC(F)(F)O2. The Balaban J connectivity index is 2.57. The summed E-state index contributed by atoms with van der Waals surface area (Å²) in [5, 5.41) is 8.87. The third-order valence-electron chi connectivity index (χ3n) is 1.96. The Morgan fingerprint density at radius 2 is 2.00 bits per heavy atom. The van der Waals surface area contributed by atoms with E-state index >= 15 is 0 Å². The molecule has 0 bridgehead atoms. The van der Waals surface area contributed by atoms with Crippen LogP contribution in [0.3, 0.4) is 0 Å². The van der Waals surface area contributed by atoms with Crippen LogP contribution in [-0.4, -0.2) is 17.7 Å². The van der Waals surface area contributed by atoms with Gasteiger partial charge in [-0.25, -0.2) is 0 Å². The lowest BCUT2D eigenvalue weighted by Gasteiger charge is -2.05. The van der Waals surface area contributed by atoms with Gasteiger partial charge in [0.2, 0.25) is 0 Å². The Kier molecular flexibility index (Phi) is 2.08. The number of aliphatic hydroxyl groups is 1. The van der Waals surface area contributed by atoms with Crippen molar-refractivity contribution in [2.24, 2.45) is 0 Å². The van der Waals surface area contributed by atoms with Gasteiger partial charge in [-0.15, -0.1) is 8.78 Å². The molecule has 1 heterocycles. The highest BCUT2D eigenvalue weighted by atomic mass is 19.3. The van der Waals surface area contributed by atoms with E-state index in [1.165, 1.54) is 12.1 Å². The van der Waals surface area contributed by atoms with Crippen LogP contribution in [0.1, 0.15) is 15.9 Å². The molecule has 1 N–H and O–H groups in total. The van der Waals surface area contributed by atoms with Crippen molar-refractivity contribution in [3.63, 3.8) is 0 Å². The van der Waals surface area contributed by atoms with Gasteiger partial charge in [0.25, 0.3) is 0 Å². The number of alkyl halides is 2. The number of rotatable bonds is 2. The van der Waals surface area contributed by atoms with Gasteiger partial charge in [0.15, 0.2) is 17.8 Å². The topological polar surface area (TPSA) is 55.8 Å². The van der Waals surface area contributed by atoms with Crippen molar-refractivity contribution in [2.75, 3.05) is 0 Å². The van der Waals surface area contributed by atoms with Gasteiger partial charge in [0.1, 0.15) is 0 Å². The van der Waals surface area contributed by atoms with Gasteiger partial charge < -0.3 is 14.6 Å². The third-order valence-corrected chi connectivity index (χ3v) is 1.96. The maximum Gasteiger partial charge on any atom is 0.586 e. The number of carbonyl (C=O) groups excluding carboxylic acids is 1. The molecular formula is C9H6F2O4. The summed E-state index contributed by atoms with van der Waals surface area (Å²) in [4.78, 5) is 10.5. The molecule has 0 unspecified atom stereocenters. The van der Waals surface area contributed by atoms with E-state index in [4.69, 9.17) is 5.11 Å². The molecule has 0 atom stereocenters. The van der Waals surface area contributed by atoms with Crippen molar-refractivity contribution in [1.82, 2.24) is 0 Å². The maximum atomic E-state index is 12.7. The summed E-state index contributed by atoms with van der Waals surface area (Å²) in [6.45, 7) is -0.471. The standard InChI is InChI=1S/C9H6F2O4/c10-9(11)14-7-5(3-12)1-2-6(4-13)8(7)15-9/h1-3,13H,4H2. The molecule has 4 nitrogen and oxygen atoms in total. The third kappa shape index (κ3) is 1.52. The average Bonchev–Trinajstić information content (AvgIpc) is 2.51. The van der Waals surface area contributed by atoms with Gasteiger partial charge in [-0.2, -0.15) is 0 Å². The number of benzene rings is 1. The van der Waals surface area contributed by atoms with E-state index in [2.05, 4.69) is 9.47 Å². The van der Waals surface area contributed by atoms with Crippen LogP contribution in [0.2, 0.25) is 0 Å². The Hall–Kier alpha value is -1.69. The lowest BCUT2D eigenvalue weighted by Crippen LogP contribution is -2.26. The lowest BCUT2D eigenvalue weighted by molar-refractivity contribution is -0.287. The summed E-state index contributed by atoms with van der Waals surface area (Å²) >= 11 is 0. The van der Waals surface area contributed by atoms with Crippen molar-refractivity contribution >= 4 is 6.29 Å². The van der Waals surface area contributed by atoms with Crippen LogP contribution in [0, 0.1) is 0 Å². The number of carbonyl (C=O) groups is 1. The molecule has 1 aromatic rings. The smallest absolute Gasteiger partial charge is 0.395 e. The second kappa shape index (κ2) is 3.16. The van der Waals surface area contributed by atoms with Crippen molar-refractivity contribution in [1.29, 1.82) is 0 Å². The number of hydrogen-bond acceptors (Lipinski definition) is 4. The molecule has 15 heavy (non-hydrogen) atoms. The van der Waals surface area contributed by atoms with Crippen LogP contribution in [0.25, 0.3) is 0 Å². The Morgan fingerprint density at radius 1 is 1.33 bits per heavy atom. The molecule has 0 amide bonds. The normalized spacial score (nSPS) is 16.5. The summed E-state index contributed by atoms with van der Waals surface area (Å²) in [6, 6.07) is 2.61. The molecule has 0 spiro atoms. The molecule has 0 saturated heterocycles. The first kappa shape index (κ1) is 9.85. The van der Waals surface area contributed by atoms with Crippen LogP contribution in [0.5, 0.6) is 11.5 Å². The summed E-state index contributed by atoms with van der Waals surface area (Å²) in [7, 11) is 0. The second-order valence-electron chi connectivity index (χ2n) is 2.92. The highest BCUT2D eigenvalue weighted by molar-refractivity contribution is 5.82. The number of hydrogen-bond donors (Lipinski definition) is 1. The first-order chi connectivity index (χ1) is 7.07. The molecule has 1 aliphatic rings. The molecule has 2 rings (SSSR count). The van der Waals surface area contributed by atoms with Crippen molar-refractivity contribution in [2.45, 2.75) is 12.9 Å². The Bertz CT molecular complexity index is 417. The van der Waals surface area contributed by atoms with E-state index in [0.29, 0.717) is 6.29 Å². The molecule has 1 aliphatic heterocycles. The molecule has 0 aliphatic carbocycles. The van der Waals surface area contributed by atoms with Gasteiger partial charge >= 0.3 is 6.29 Å². The highest BCUT2D eigenvalue weighted by Crippen LogP contribution is 2.45. The fraction of sp³-hybridized carbons (Fsp3) is 0.222. The van der Waals surface area contributed by atoms with E-state index in [0.717, 1.165) is 0 Å². The minimum Gasteiger partial charge on any atom is -0.395 e. The molecule has 0 fully saturated rings. The first-order valence-corrected chi connectivity index (χ1v) is 4.05. The minimum absolute atomic E-state index is 0.0422. The fourth-order valence-electron chi connectivity index (χ4n) is 1.31. The Labute approximate surface area is 83.0 Å². The van der Waals surface area contributed by atoms with Gasteiger partial charge in [0, 0.05) is 5.56 Å². The van der Waals surface area contributed by atoms with E-state index < -0.39 is 12.9 Å². The van der Waals surface area contributed by atoms with Crippen LogP contribution >= 0.6 is 0 Å². The van der Waals surface area contributed by atoms with Gasteiger partial charge in [0.05, 0.1) is 12.2 Å². The van der Waals surface area contributed by atoms with E-state index in [-0.39, 0.29) is 22.6 Å². The van der Waals surface area contributed by atoms with E-state index in [9.17, 15) is 13.6 Å². The van der Waals surface area contributed by atoms with Gasteiger partial charge in [-0.1, -0.05) is 6.07 Å². The number of ether oxygens (including phenoxy) is 2. The quantitative estimate of drug-likeness (QED) is 0.757. The molecular weight excluding hydrogens is 210 g/mol. The molecule has 6 heteroatoms. The molecule has 1 aromatic carbocycles. The first-order valence-electron chi connectivity index (χ1n) is 4.05. The highest BCUT2D eigenvalue weighted by Gasteiger charge is 2.45. The second-order valence-corrected chi connectivity index (χ2v) is 2.92. The average molecular weight is 216 g/mol. The summed E-state index contributed by atoms with van der Waals surface area (Å²) in [5.74, 6) is -0.617. The van der Waals surface area contributed by atoms with Crippen LogP contribution in [0.15, 0.2) is 12.1 Å². The number of fused-ring (bicyclic) bond motifs is 1. The summed E-state index contributed by atoms with van der Waals surface area (Å²) in [6.07, 6.45) is -3.41. The van der Waals surface area contributed by atoms with Crippen LogP contribution in [0.4, 0.5) is 8.78 Å². The van der Waals surface area contributed by atoms with Crippen molar-refractivity contribution < 1.29 is 28.2 Å².